The van der Waals surface area contributed by atoms with Crippen LogP contribution in [0.5, 0.6) is 5.75 Å². The Morgan fingerprint density at radius 2 is 2.00 bits per heavy atom. The van der Waals surface area contributed by atoms with Gasteiger partial charge in [0.2, 0.25) is 0 Å². The van der Waals surface area contributed by atoms with Gasteiger partial charge < -0.3 is 5.11 Å². The minimum absolute atomic E-state index is 0.148. The third-order valence-electron chi connectivity index (χ3n) is 3.47. The highest BCUT2D eigenvalue weighted by atomic mass is 35.5. The number of aryl methyl sites for hydroxylation is 2. The van der Waals surface area contributed by atoms with Crippen LogP contribution in [0.15, 0.2) is 57.2 Å². The van der Waals surface area contributed by atoms with Crippen molar-refractivity contribution >= 4 is 35.3 Å². The predicted octanol–water partition coefficient (Wildman–Crippen LogP) is 5.29. The molecule has 0 aliphatic rings. The van der Waals surface area contributed by atoms with Gasteiger partial charge in [-0.25, -0.2) is 0 Å². The van der Waals surface area contributed by atoms with Crippen molar-refractivity contribution in [3.8, 4) is 5.75 Å². The van der Waals surface area contributed by atoms with Crippen LogP contribution in [0, 0.1) is 13.8 Å². The number of H-pyrrole nitrogens is 1. The van der Waals surface area contributed by atoms with E-state index in [0.717, 1.165) is 26.9 Å². The maximum Gasteiger partial charge on any atom is 0.124 e. The summed E-state index contributed by atoms with van der Waals surface area (Å²) in [5.41, 5.74) is 3.40. The molecule has 2 N–H and O–H groups in total. The van der Waals surface area contributed by atoms with Gasteiger partial charge in [-0.05, 0) is 44.2 Å². The second-order valence-electron chi connectivity index (χ2n) is 5.29. The molecule has 0 saturated heterocycles. The highest BCUT2D eigenvalue weighted by Gasteiger charge is 2.10. The molecular weight excluding hydrogens is 342 g/mol. The van der Waals surface area contributed by atoms with E-state index in [-0.39, 0.29) is 5.75 Å². The van der Waals surface area contributed by atoms with Crippen molar-refractivity contribution in [1.29, 1.82) is 0 Å². The van der Waals surface area contributed by atoms with E-state index in [4.69, 9.17) is 11.6 Å². The van der Waals surface area contributed by atoms with Crippen LogP contribution in [-0.2, 0) is 0 Å². The van der Waals surface area contributed by atoms with Crippen LogP contribution in [0.3, 0.4) is 0 Å². The molecule has 0 fully saturated rings. The smallest absolute Gasteiger partial charge is 0.124 e. The van der Waals surface area contributed by atoms with Crippen molar-refractivity contribution in [3.05, 3.63) is 64.4 Å². The van der Waals surface area contributed by atoms with Crippen LogP contribution in [0.25, 0.3) is 0 Å². The number of rotatable bonds is 4. The molecule has 1 heterocycles. The zero-order valence-corrected chi connectivity index (χ0v) is 14.8. The first-order chi connectivity index (χ1) is 11.5. The van der Waals surface area contributed by atoms with E-state index in [1.54, 1.807) is 36.2 Å². The Kier molecular flexibility index (Phi) is 4.92. The number of hydrogen-bond acceptors (Lipinski definition) is 4. The van der Waals surface area contributed by atoms with E-state index < -0.39 is 0 Å². The molecule has 4 nitrogen and oxygen atoms in total. The summed E-state index contributed by atoms with van der Waals surface area (Å²) in [5, 5.41) is 17.7. The van der Waals surface area contributed by atoms with Gasteiger partial charge in [0.1, 0.15) is 5.75 Å². The van der Waals surface area contributed by atoms with Gasteiger partial charge in [-0.1, -0.05) is 35.5 Å². The average Bonchev–Trinajstić information content (AvgIpc) is 2.89. The van der Waals surface area contributed by atoms with Crippen molar-refractivity contribution in [3.63, 3.8) is 0 Å². The first-order valence-electron chi connectivity index (χ1n) is 7.35. The number of nitrogens with one attached hydrogen (secondary N) is 1. The lowest BCUT2D eigenvalue weighted by molar-refractivity contribution is 0.474. The summed E-state index contributed by atoms with van der Waals surface area (Å²) in [4.78, 5) is 6.64. The molecule has 0 amide bonds. The maximum absolute atomic E-state index is 9.89. The fourth-order valence-electron chi connectivity index (χ4n) is 2.22. The van der Waals surface area contributed by atoms with E-state index in [2.05, 4.69) is 15.2 Å². The molecule has 0 spiro atoms. The molecule has 122 valence electrons. The van der Waals surface area contributed by atoms with Crippen LogP contribution >= 0.6 is 23.4 Å². The number of aromatic nitrogens is 2. The number of para-hydroxylation sites is 1. The molecule has 6 heteroatoms. The lowest BCUT2D eigenvalue weighted by atomic mass is 10.2. The lowest BCUT2D eigenvalue weighted by Gasteiger charge is -2.06. The summed E-state index contributed by atoms with van der Waals surface area (Å²) in [6, 6.07) is 12.7. The molecule has 0 unspecified atom stereocenters. The predicted molar refractivity (Wildman–Crippen MR) is 99.0 cm³/mol. The average molecular weight is 358 g/mol. The van der Waals surface area contributed by atoms with Crippen LogP contribution in [-0.4, -0.2) is 21.5 Å². The van der Waals surface area contributed by atoms with Gasteiger partial charge in [-0.3, -0.25) is 10.1 Å². The van der Waals surface area contributed by atoms with E-state index in [1.807, 2.05) is 38.1 Å². The van der Waals surface area contributed by atoms with Gasteiger partial charge >= 0.3 is 0 Å². The minimum Gasteiger partial charge on any atom is -0.507 e. The molecule has 3 rings (SSSR count). The molecule has 2 aromatic carbocycles. The number of aromatic amines is 1. The van der Waals surface area contributed by atoms with E-state index in [0.29, 0.717) is 10.6 Å². The number of phenolic OH excluding ortho intramolecular Hbond substituents is 1. The van der Waals surface area contributed by atoms with Crippen LogP contribution < -0.4 is 0 Å². The molecule has 0 radical (unpaired) electrons. The molecule has 1 aromatic heterocycles. The number of hydrogen-bond donors (Lipinski definition) is 2. The highest BCUT2D eigenvalue weighted by molar-refractivity contribution is 7.99. The summed E-state index contributed by atoms with van der Waals surface area (Å²) in [5.74, 6) is 0.148. The van der Waals surface area contributed by atoms with Crippen molar-refractivity contribution in [2.75, 3.05) is 0 Å². The van der Waals surface area contributed by atoms with Crippen molar-refractivity contribution in [2.45, 2.75) is 23.6 Å². The molecule has 0 aliphatic heterocycles. The number of halogens is 1. The first kappa shape index (κ1) is 16.6. The fraction of sp³-hybridized carbons (Fsp3) is 0.111. The Morgan fingerprint density at radius 3 is 2.75 bits per heavy atom. The zero-order chi connectivity index (χ0) is 17.1. The van der Waals surface area contributed by atoms with Gasteiger partial charge in [0.05, 0.1) is 16.3 Å². The van der Waals surface area contributed by atoms with E-state index in [9.17, 15) is 5.11 Å². The molecule has 0 bridgehead atoms. The Labute approximate surface area is 149 Å². The van der Waals surface area contributed by atoms with Gasteiger partial charge in [-0.15, -0.1) is 0 Å². The van der Waals surface area contributed by atoms with Crippen molar-refractivity contribution in [2.24, 2.45) is 4.99 Å². The molecular formula is C18H16ClN3OS. The van der Waals surface area contributed by atoms with Gasteiger partial charge in [0.25, 0.3) is 0 Å². The van der Waals surface area contributed by atoms with Crippen LogP contribution in [0.1, 0.15) is 17.0 Å². The van der Waals surface area contributed by atoms with Crippen LogP contribution in [0.4, 0.5) is 5.69 Å². The highest BCUT2D eigenvalue weighted by Crippen LogP contribution is 2.37. The Bertz CT molecular complexity index is 886. The van der Waals surface area contributed by atoms with Crippen LogP contribution in [0.2, 0.25) is 5.02 Å². The Balaban J connectivity index is 1.92. The number of aliphatic imine (C=N–C) groups is 1. The number of nitrogens with zero attached hydrogens (tertiary/aromatic N) is 2. The van der Waals surface area contributed by atoms with Gasteiger partial charge in [0.15, 0.2) is 0 Å². The fourth-order valence-corrected chi connectivity index (χ4v) is 3.38. The van der Waals surface area contributed by atoms with Gasteiger partial charge in [0, 0.05) is 27.4 Å². The SMILES string of the molecule is Cc1n[nH]c(C)c1Sc1ccccc1N=Cc1cc(Cl)ccc1O. The zero-order valence-electron chi connectivity index (χ0n) is 13.2. The largest absolute Gasteiger partial charge is 0.507 e. The normalized spacial score (nSPS) is 11.3. The quantitative estimate of drug-likeness (QED) is 0.624. The molecule has 3 aromatic rings. The number of aromatic hydroxyl groups is 1. The van der Waals surface area contributed by atoms with Crippen molar-refractivity contribution < 1.29 is 5.11 Å². The third kappa shape index (κ3) is 3.63. The summed E-state index contributed by atoms with van der Waals surface area (Å²) in [6.45, 7) is 3.97. The summed E-state index contributed by atoms with van der Waals surface area (Å²) in [6.07, 6.45) is 1.62. The lowest BCUT2D eigenvalue weighted by Crippen LogP contribution is -1.83. The topological polar surface area (TPSA) is 61.3 Å². The Hall–Kier alpha value is -2.24. The van der Waals surface area contributed by atoms with E-state index in [1.165, 1.54) is 0 Å². The molecule has 0 saturated carbocycles. The monoisotopic (exact) mass is 357 g/mol. The summed E-state index contributed by atoms with van der Waals surface area (Å²) < 4.78 is 0. The van der Waals surface area contributed by atoms with Gasteiger partial charge in [-0.2, -0.15) is 5.10 Å². The summed E-state index contributed by atoms with van der Waals surface area (Å²) in [7, 11) is 0. The summed E-state index contributed by atoms with van der Waals surface area (Å²) >= 11 is 7.59. The number of benzene rings is 2. The molecule has 24 heavy (non-hydrogen) atoms. The molecule has 0 aliphatic carbocycles. The second-order valence-corrected chi connectivity index (χ2v) is 6.78. The van der Waals surface area contributed by atoms with E-state index >= 15 is 0 Å². The number of phenols is 1. The third-order valence-corrected chi connectivity index (χ3v) is 5.08. The molecule has 0 atom stereocenters. The van der Waals surface area contributed by atoms with Crippen molar-refractivity contribution in [1.82, 2.24) is 10.2 Å². The standard InChI is InChI=1S/C18H16ClN3OS/c1-11-18(12(2)22-21-11)24-17-6-4-3-5-15(17)20-10-13-9-14(19)7-8-16(13)23/h3-10,23H,1-2H3,(H,21,22). The minimum atomic E-state index is 0.148. The first-order valence-corrected chi connectivity index (χ1v) is 8.55. The second kappa shape index (κ2) is 7.11. The Morgan fingerprint density at radius 1 is 1.21 bits per heavy atom. The maximum atomic E-state index is 9.89.